The van der Waals surface area contributed by atoms with Gasteiger partial charge in [0, 0.05) is 38.4 Å². The lowest BCUT2D eigenvalue weighted by Crippen LogP contribution is -2.60. The molecule has 0 bridgehead atoms. The molecule has 3 rings (SSSR count). The van der Waals surface area contributed by atoms with Gasteiger partial charge in [0.05, 0.1) is 29.7 Å². The molecule has 0 spiro atoms. The minimum absolute atomic E-state index is 0.196. The van der Waals surface area contributed by atoms with E-state index in [1.54, 1.807) is 6.92 Å². The highest BCUT2D eigenvalue weighted by Gasteiger charge is 2.40. The van der Waals surface area contributed by atoms with Gasteiger partial charge in [-0.1, -0.05) is 0 Å². The van der Waals surface area contributed by atoms with E-state index < -0.39 is 30.1 Å². The zero-order valence-electron chi connectivity index (χ0n) is 14.5. The molecule has 0 saturated carbocycles. The fraction of sp³-hybridized carbons (Fsp3) is 0.706. The highest BCUT2D eigenvalue weighted by atomic mass is 19.4. The van der Waals surface area contributed by atoms with Crippen molar-refractivity contribution in [3.63, 3.8) is 0 Å². The molecule has 3 N–H and O–H groups in total. The number of pyridine rings is 1. The second kappa shape index (κ2) is 7.30. The average molecular weight is 375 g/mol. The van der Waals surface area contributed by atoms with Crippen LogP contribution in [0.2, 0.25) is 0 Å². The first kappa shape index (κ1) is 19.3. The number of likely N-dealkylation sites (tertiary alicyclic amines) is 1. The van der Waals surface area contributed by atoms with Gasteiger partial charge in [-0.15, -0.1) is 0 Å². The van der Waals surface area contributed by atoms with E-state index in [1.165, 1.54) is 6.20 Å². The van der Waals surface area contributed by atoms with Crippen LogP contribution in [0.15, 0.2) is 18.5 Å². The summed E-state index contributed by atoms with van der Waals surface area (Å²) in [4.78, 5) is 7.52. The van der Waals surface area contributed by atoms with Crippen LogP contribution in [-0.4, -0.2) is 75.7 Å². The molecule has 2 aliphatic heterocycles. The van der Waals surface area contributed by atoms with E-state index in [-0.39, 0.29) is 18.5 Å². The third-order valence-corrected chi connectivity index (χ3v) is 5.43. The molecule has 2 aliphatic rings. The summed E-state index contributed by atoms with van der Waals surface area (Å²) in [6.07, 6.45) is -4.55. The van der Waals surface area contributed by atoms with Gasteiger partial charge in [0.25, 0.3) is 0 Å². The molecule has 5 atom stereocenters. The van der Waals surface area contributed by atoms with E-state index in [2.05, 4.69) is 4.98 Å². The number of nitrogens with zero attached hydrogens (tertiary/aromatic N) is 3. The van der Waals surface area contributed by atoms with E-state index in [4.69, 9.17) is 0 Å². The number of hydrogen-bond donors (Lipinski definition) is 3. The molecule has 0 radical (unpaired) electrons. The lowest BCUT2D eigenvalue weighted by Gasteiger charge is -2.43. The number of aliphatic hydroxyl groups is 3. The number of halogens is 3. The Morgan fingerprint density at radius 2 is 1.88 bits per heavy atom. The molecular formula is C17H24F3N3O3. The molecule has 1 unspecified atom stereocenters. The molecular weight excluding hydrogens is 351 g/mol. The number of β-amino-alcohol motifs (C(OH)–C–C–N with tert-alkyl or cyclic N) is 1. The minimum Gasteiger partial charge on any atom is -0.389 e. The van der Waals surface area contributed by atoms with E-state index >= 15 is 0 Å². The summed E-state index contributed by atoms with van der Waals surface area (Å²) in [7, 11) is 0. The lowest BCUT2D eigenvalue weighted by molar-refractivity contribution is -0.137. The first-order valence-corrected chi connectivity index (χ1v) is 8.72. The summed E-state index contributed by atoms with van der Waals surface area (Å²) in [5.74, 6) is 0.196. The topological polar surface area (TPSA) is 80.1 Å². The zero-order valence-corrected chi connectivity index (χ0v) is 14.5. The van der Waals surface area contributed by atoms with Crippen molar-refractivity contribution < 1.29 is 28.5 Å². The lowest BCUT2D eigenvalue weighted by atomic mass is 9.93. The fourth-order valence-electron chi connectivity index (χ4n) is 3.79. The molecule has 26 heavy (non-hydrogen) atoms. The predicted molar refractivity (Wildman–Crippen MR) is 88.6 cm³/mol. The molecule has 2 saturated heterocycles. The molecule has 2 fully saturated rings. The number of rotatable bonds is 3. The monoisotopic (exact) mass is 375 g/mol. The summed E-state index contributed by atoms with van der Waals surface area (Å²) in [6, 6.07) is 0.820. The molecule has 3 heterocycles. The minimum atomic E-state index is -4.42. The second-order valence-corrected chi connectivity index (χ2v) is 7.27. The van der Waals surface area contributed by atoms with Crippen molar-refractivity contribution in [2.75, 3.05) is 31.1 Å². The first-order chi connectivity index (χ1) is 12.2. The summed E-state index contributed by atoms with van der Waals surface area (Å²) < 4.78 is 38.6. The maximum Gasteiger partial charge on any atom is 0.417 e. The molecule has 1 aromatic heterocycles. The largest absolute Gasteiger partial charge is 0.417 e. The summed E-state index contributed by atoms with van der Waals surface area (Å²) in [6.45, 7) is 3.87. The van der Waals surface area contributed by atoms with Crippen molar-refractivity contribution >= 4 is 5.69 Å². The molecule has 0 aliphatic carbocycles. The Balaban J connectivity index is 1.63. The highest BCUT2D eigenvalue weighted by Crippen LogP contribution is 2.32. The molecule has 146 valence electrons. The van der Waals surface area contributed by atoms with E-state index in [9.17, 15) is 28.5 Å². The van der Waals surface area contributed by atoms with Crippen LogP contribution in [0.25, 0.3) is 0 Å². The number of hydrogen-bond acceptors (Lipinski definition) is 6. The van der Waals surface area contributed by atoms with Gasteiger partial charge in [-0.25, -0.2) is 0 Å². The molecule has 9 heteroatoms. The maximum atomic E-state index is 12.9. The Kier molecular flexibility index (Phi) is 5.43. The van der Waals surface area contributed by atoms with Gasteiger partial charge in [0.1, 0.15) is 6.10 Å². The van der Waals surface area contributed by atoms with Crippen molar-refractivity contribution in [3.8, 4) is 0 Å². The van der Waals surface area contributed by atoms with Gasteiger partial charge in [0.15, 0.2) is 0 Å². The molecule has 0 amide bonds. The summed E-state index contributed by atoms with van der Waals surface area (Å²) >= 11 is 0. The number of aliphatic hydroxyl groups excluding tert-OH is 3. The van der Waals surface area contributed by atoms with E-state index in [0.717, 1.165) is 18.7 Å². The predicted octanol–water partition coefficient (Wildman–Crippen LogP) is 0.714. The Morgan fingerprint density at radius 1 is 1.15 bits per heavy atom. The first-order valence-electron chi connectivity index (χ1n) is 8.72. The molecule has 0 aromatic carbocycles. The normalized spacial score (nSPS) is 33.7. The molecule has 6 nitrogen and oxygen atoms in total. The standard InChI is InChI=1S/C17H24F3N3O3/c1-10-15(25)16(26)14(24)9-23(10)8-11-2-3-22(7-11)13-4-12(5-21-6-13)17(18,19)20/h4-6,10-11,14-16,24-26H,2-3,7-9H2,1H3/t10-,11?,14+,15-,16-/m1/s1. The van der Waals surface area contributed by atoms with Gasteiger partial charge in [-0.05, 0) is 25.3 Å². The Hall–Kier alpha value is -1.42. The van der Waals surface area contributed by atoms with Crippen LogP contribution in [0.4, 0.5) is 18.9 Å². The van der Waals surface area contributed by atoms with Crippen LogP contribution < -0.4 is 4.90 Å². The van der Waals surface area contributed by atoms with Gasteiger partial charge >= 0.3 is 6.18 Å². The van der Waals surface area contributed by atoms with Crippen LogP contribution >= 0.6 is 0 Å². The van der Waals surface area contributed by atoms with E-state index in [1.807, 2.05) is 9.80 Å². The van der Waals surface area contributed by atoms with Gasteiger partial charge in [-0.3, -0.25) is 9.88 Å². The van der Waals surface area contributed by atoms with E-state index in [0.29, 0.717) is 25.3 Å². The number of alkyl halides is 3. The van der Waals surface area contributed by atoms with Gasteiger partial charge in [-0.2, -0.15) is 13.2 Å². The summed E-state index contributed by atoms with van der Waals surface area (Å²) in [5, 5.41) is 29.6. The number of piperidine rings is 1. The second-order valence-electron chi connectivity index (χ2n) is 7.27. The van der Waals surface area contributed by atoms with Gasteiger partial charge < -0.3 is 20.2 Å². The van der Waals surface area contributed by atoms with Crippen molar-refractivity contribution in [3.05, 3.63) is 24.0 Å². The van der Waals surface area contributed by atoms with Crippen molar-refractivity contribution in [1.82, 2.24) is 9.88 Å². The van der Waals surface area contributed by atoms with Crippen molar-refractivity contribution in [1.29, 1.82) is 0 Å². The van der Waals surface area contributed by atoms with Crippen molar-refractivity contribution in [2.45, 2.75) is 43.9 Å². The fourth-order valence-corrected chi connectivity index (χ4v) is 3.79. The Labute approximate surface area is 149 Å². The van der Waals surface area contributed by atoms with Gasteiger partial charge in [0.2, 0.25) is 0 Å². The quantitative estimate of drug-likeness (QED) is 0.722. The maximum absolute atomic E-state index is 12.9. The number of aromatic nitrogens is 1. The number of anilines is 1. The smallest absolute Gasteiger partial charge is 0.389 e. The third kappa shape index (κ3) is 3.95. The Morgan fingerprint density at radius 3 is 2.58 bits per heavy atom. The third-order valence-electron chi connectivity index (χ3n) is 5.43. The van der Waals surface area contributed by atoms with Crippen LogP contribution in [-0.2, 0) is 6.18 Å². The van der Waals surface area contributed by atoms with Crippen LogP contribution in [0.3, 0.4) is 0 Å². The van der Waals surface area contributed by atoms with Crippen LogP contribution in [0, 0.1) is 5.92 Å². The van der Waals surface area contributed by atoms with Crippen LogP contribution in [0.5, 0.6) is 0 Å². The Bertz CT molecular complexity index is 631. The van der Waals surface area contributed by atoms with Crippen molar-refractivity contribution in [2.24, 2.45) is 5.92 Å². The SMILES string of the molecule is C[C@@H]1[C@@H](O)[C@H](O)[C@@H](O)CN1CC1CCN(c2cncc(C(F)(F)F)c2)C1. The summed E-state index contributed by atoms with van der Waals surface area (Å²) in [5.41, 5.74) is -0.312. The molecule has 1 aromatic rings. The van der Waals surface area contributed by atoms with Crippen LogP contribution in [0.1, 0.15) is 18.9 Å². The highest BCUT2D eigenvalue weighted by molar-refractivity contribution is 5.47. The average Bonchev–Trinajstić information content (AvgIpc) is 3.06. The zero-order chi connectivity index (χ0) is 19.1.